The number of nitrogens with zero attached hydrogens (tertiary/aromatic N) is 4. The molecule has 98 valence electrons. The lowest BCUT2D eigenvalue weighted by Gasteiger charge is -2.23. The summed E-state index contributed by atoms with van der Waals surface area (Å²) in [7, 11) is 8.28. The van der Waals surface area contributed by atoms with Crippen molar-refractivity contribution in [3.05, 3.63) is 11.3 Å². The van der Waals surface area contributed by atoms with E-state index in [1.165, 1.54) is 11.4 Å². The van der Waals surface area contributed by atoms with Crippen molar-refractivity contribution in [1.29, 1.82) is 0 Å². The molecule has 5 heteroatoms. The molecule has 0 amide bonds. The molecule has 0 aliphatic rings. The maximum Gasteiger partial charge on any atom is 0.129 e. The molecule has 0 radical (unpaired) electrons. The summed E-state index contributed by atoms with van der Waals surface area (Å²) in [4.78, 5) is 4.44. The van der Waals surface area contributed by atoms with Gasteiger partial charge in [0.2, 0.25) is 0 Å². The first-order valence-corrected chi connectivity index (χ1v) is 6.05. The minimum Gasteiger partial charge on any atom is -0.358 e. The van der Waals surface area contributed by atoms with Crippen LogP contribution in [0.4, 0.5) is 5.82 Å². The maximum atomic E-state index is 5.67. The second-order valence-corrected chi connectivity index (χ2v) is 4.77. The molecule has 0 aliphatic heterocycles. The first-order valence-electron chi connectivity index (χ1n) is 6.05. The molecule has 0 aromatic carbocycles. The highest BCUT2D eigenvalue weighted by Gasteiger charge is 2.15. The van der Waals surface area contributed by atoms with Crippen LogP contribution in [0.2, 0.25) is 0 Å². The summed E-state index contributed by atoms with van der Waals surface area (Å²) in [6, 6.07) is 0. The van der Waals surface area contributed by atoms with Gasteiger partial charge in [0.05, 0.1) is 5.69 Å². The van der Waals surface area contributed by atoms with Gasteiger partial charge in [0.1, 0.15) is 5.82 Å². The van der Waals surface area contributed by atoms with Crippen LogP contribution in [0.25, 0.3) is 0 Å². The minimum absolute atomic E-state index is 0.668. The number of anilines is 1. The van der Waals surface area contributed by atoms with Gasteiger partial charge in [-0.15, -0.1) is 0 Å². The van der Waals surface area contributed by atoms with Gasteiger partial charge in [-0.05, 0) is 34.0 Å². The summed E-state index contributed by atoms with van der Waals surface area (Å²) in [5.41, 5.74) is 8.03. The Labute approximate surface area is 104 Å². The fraction of sp³-hybridized carbons (Fsp3) is 0.750. The lowest BCUT2D eigenvalue weighted by Crippen LogP contribution is -2.30. The van der Waals surface area contributed by atoms with Crippen LogP contribution in [0, 0.1) is 6.92 Å². The van der Waals surface area contributed by atoms with Crippen LogP contribution >= 0.6 is 0 Å². The number of hydrogen-bond acceptors (Lipinski definition) is 4. The zero-order valence-corrected chi connectivity index (χ0v) is 11.7. The normalized spacial score (nSPS) is 11.2. The Morgan fingerprint density at radius 3 is 2.41 bits per heavy atom. The number of aryl methyl sites for hydroxylation is 2. The van der Waals surface area contributed by atoms with E-state index in [9.17, 15) is 0 Å². The molecule has 5 nitrogen and oxygen atoms in total. The van der Waals surface area contributed by atoms with Crippen LogP contribution in [0.3, 0.4) is 0 Å². The molecule has 0 aliphatic carbocycles. The van der Waals surface area contributed by atoms with Gasteiger partial charge in [0, 0.05) is 32.7 Å². The number of nitrogens with two attached hydrogens (primary N) is 1. The molecule has 0 spiro atoms. The third-order valence-electron chi connectivity index (χ3n) is 2.95. The fourth-order valence-electron chi connectivity index (χ4n) is 2.06. The maximum absolute atomic E-state index is 5.67. The second kappa shape index (κ2) is 6.02. The Morgan fingerprint density at radius 2 is 1.88 bits per heavy atom. The molecule has 0 fully saturated rings. The standard InChI is InChI=1S/C12H25N5/c1-10-11(6-7-13)12(17(5)14-10)16(4)9-8-15(2)3/h6-9,13H2,1-5H3. The minimum atomic E-state index is 0.668. The monoisotopic (exact) mass is 239 g/mol. The van der Waals surface area contributed by atoms with Crippen molar-refractivity contribution in [1.82, 2.24) is 14.7 Å². The zero-order chi connectivity index (χ0) is 13.0. The Balaban J connectivity index is 2.87. The van der Waals surface area contributed by atoms with Crippen LogP contribution in [0.5, 0.6) is 0 Å². The number of aromatic nitrogens is 2. The highest BCUT2D eigenvalue weighted by molar-refractivity contribution is 5.49. The molecule has 17 heavy (non-hydrogen) atoms. The van der Waals surface area contributed by atoms with E-state index >= 15 is 0 Å². The van der Waals surface area contributed by atoms with Crippen LogP contribution in [-0.4, -0.2) is 55.5 Å². The predicted octanol–water partition coefficient (Wildman–Crippen LogP) is 0.228. The lowest BCUT2D eigenvalue weighted by molar-refractivity contribution is 0.415. The molecule has 0 bridgehead atoms. The summed E-state index contributed by atoms with van der Waals surface area (Å²) in [5.74, 6) is 1.19. The molecule has 1 aromatic rings. The Morgan fingerprint density at radius 1 is 1.24 bits per heavy atom. The third-order valence-corrected chi connectivity index (χ3v) is 2.95. The molecular formula is C12H25N5. The fourth-order valence-corrected chi connectivity index (χ4v) is 2.06. The first-order chi connectivity index (χ1) is 7.97. The molecule has 1 heterocycles. The number of likely N-dealkylation sites (N-methyl/N-ethyl adjacent to an activating group) is 2. The average molecular weight is 239 g/mol. The molecule has 0 unspecified atom stereocenters. The summed E-state index contributed by atoms with van der Waals surface area (Å²) < 4.78 is 1.95. The summed E-state index contributed by atoms with van der Waals surface area (Å²) in [6.07, 6.45) is 0.890. The van der Waals surface area contributed by atoms with Gasteiger partial charge in [-0.3, -0.25) is 4.68 Å². The van der Waals surface area contributed by atoms with Gasteiger partial charge in [-0.25, -0.2) is 0 Å². The van der Waals surface area contributed by atoms with Crippen LogP contribution in [0.15, 0.2) is 0 Å². The van der Waals surface area contributed by atoms with Crippen molar-refractivity contribution in [3.8, 4) is 0 Å². The van der Waals surface area contributed by atoms with Crippen molar-refractivity contribution >= 4 is 5.82 Å². The van der Waals surface area contributed by atoms with E-state index in [1.54, 1.807) is 0 Å². The molecule has 0 atom stereocenters. The predicted molar refractivity (Wildman–Crippen MR) is 72.5 cm³/mol. The molecular weight excluding hydrogens is 214 g/mol. The molecule has 2 N–H and O–H groups in total. The first kappa shape index (κ1) is 14.0. The smallest absolute Gasteiger partial charge is 0.129 e. The van der Waals surface area contributed by atoms with Gasteiger partial charge in [-0.2, -0.15) is 5.10 Å². The Hall–Kier alpha value is -1.07. The molecule has 1 rings (SSSR count). The largest absolute Gasteiger partial charge is 0.358 e. The van der Waals surface area contributed by atoms with Gasteiger partial charge in [0.25, 0.3) is 0 Å². The molecule has 0 saturated carbocycles. The van der Waals surface area contributed by atoms with Crippen LogP contribution in [-0.2, 0) is 13.5 Å². The van der Waals surface area contributed by atoms with Crippen molar-refractivity contribution in [3.63, 3.8) is 0 Å². The second-order valence-electron chi connectivity index (χ2n) is 4.77. The van der Waals surface area contributed by atoms with Crippen LogP contribution in [0.1, 0.15) is 11.3 Å². The topological polar surface area (TPSA) is 50.3 Å². The van der Waals surface area contributed by atoms with Crippen molar-refractivity contribution < 1.29 is 0 Å². The van der Waals surface area contributed by atoms with Crippen LogP contribution < -0.4 is 10.6 Å². The Kier molecular flexibility index (Phi) is 4.96. The van der Waals surface area contributed by atoms with Crippen molar-refractivity contribution in [2.75, 3.05) is 45.7 Å². The summed E-state index contributed by atoms with van der Waals surface area (Å²) in [5, 5.41) is 4.48. The van der Waals surface area contributed by atoms with E-state index in [2.05, 4.69) is 36.0 Å². The zero-order valence-electron chi connectivity index (χ0n) is 11.7. The Bertz CT molecular complexity index is 356. The van der Waals surface area contributed by atoms with Gasteiger partial charge < -0.3 is 15.5 Å². The van der Waals surface area contributed by atoms with E-state index in [-0.39, 0.29) is 0 Å². The van der Waals surface area contributed by atoms with E-state index in [1.807, 2.05) is 18.7 Å². The molecule has 1 aromatic heterocycles. The lowest BCUT2D eigenvalue weighted by atomic mass is 10.1. The van der Waals surface area contributed by atoms with E-state index in [0.29, 0.717) is 6.54 Å². The number of hydrogen-bond donors (Lipinski definition) is 1. The molecule has 0 saturated heterocycles. The third kappa shape index (κ3) is 3.44. The van der Waals surface area contributed by atoms with Crippen molar-refractivity contribution in [2.24, 2.45) is 12.8 Å². The SMILES string of the molecule is Cc1nn(C)c(N(C)CCN(C)C)c1CCN. The van der Waals surface area contributed by atoms with E-state index < -0.39 is 0 Å². The van der Waals surface area contributed by atoms with Gasteiger partial charge in [-0.1, -0.05) is 0 Å². The average Bonchev–Trinajstić information content (AvgIpc) is 2.51. The van der Waals surface area contributed by atoms with E-state index in [4.69, 9.17) is 5.73 Å². The highest BCUT2D eigenvalue weighted by atomic mass is 15.4. The van der Waals surface area contributed by atoms with Gasteiger partial charge in [0.15, 0.2) is 0 Å². The summed E-state index contributed by atoms with van der Waals surface area (Å²) >= 11 is 0. The van der Waals surface area contributed by atoms with E-state index in [0.717, 1.165) is 25.2 Å². The number of rotatable bonds is 6. The van der Waals surface area contributed by atoms with Gasteiger partial charge >= 0.3 is 0 Å². The summed E-state index contributed by atoms with van der Waals surface area (Å²) in [6.45, 7) is 4.74. The quantitative estimate of drug-likeness (QED) is 0.772. The highest BCUT2D eigenvalue weighted by Crippen LogP contribution is 2.22. The van der Waals surface area contributed by atoms with Crippen molar-refractivity contribution in [2.45, 2.75) is 13.3 Å².